The number of hydrogen-bond donors (Lipinski definition) is 1. The smallest absolute Gasteiger partial charge is 0.330 e. The number of fused-ring (bicyclic) bond motifs is 1. The van der Waals surface area contributed by atoms with Crippen LogP contribution in [0.15, 0.2) is 21.7 Å². The van der Waals surface area contributed by atoms with Gasteiger partial charge < -0.3 is 15.0 Å². The summed E-state index contributed by atoms with van der Waals surface area (Å²) in [7, 11) is 2.99. The van der Waals surface area contributed by atoms with Crippen molar-refractivity contribution >= 4 is 0 Å². The van der Waals surface area contributed by atoms with Crippen LogP contribution in [0.5, 0.6) is 5.75 Å². The van der Waals surface area contributed by atoms with Gasteiger partial charge in [0.05, 0.1) is 5.56 Å². The molecule has 2 N–H and O–H groups in total. The highest BCUT2D eigenvalue weighted by molar-refractivity contribution is 5.68. The molecule has 0 amide bonds. The zero-order valence-electron chi connectivity index (χ0n) is 13.2. The Labute approximate surface area is 131 Å². The van der Waals surface area contributed by atoms with E-state index in [0.29, 0.717) is 35.3 Å². The maximum absolute atomic E-state index is 14.3. The lowest BCUT2D eigenvalue weighted by molar-refractivity contribution is 0.232. The molecular weight excluding hydrogens is 301 g/mol. The van der Waals surface area contributed by atoms with Crippen LogP contribution in [0.1, 0.15) is 11.3 Å². The van der Waals surface area contributed by atoms with Crippen LogP contribution in [0, 0.1) is 12.7 Å². The van der Waals surface area contributed by atoms with Crippen molar-refractivity contribution < 1.29 is 9.13 Å². The van der Waals surface area contributed by atoms with Gasteiger partial charge in [-0.05, 0) is 24.6 Å². The molecular formula is C16H18FN3O3. The number of nitrogens with two attached hydrogens (primary N) is 1. The molecule has 2 aromatic rings. The van der Waals surface area contributed by atoms with Crippen LogP contribution in [0.4, 0.5) is 4.39 Å². The van der Waals surface area contributed by atoms with Crippen LogP contribution in [0.25, 0.3) is 11.1 Å². The summed E-state index contributed by atoms with van der Waals surface area (Å²) in [6.45, 7) is 1.96. The van der Waals surface area contributed by atoms with Crippen molar-refractivity contribution in [3.63, 3.8) is 0 Å². The fourth-order valence-corrected chi connectivity index (χ4v) is 2.94. The maximum atomic E-state index is 14.3. The van der Waals surface area contributed by atoms with Gasteiger partial charge in [-0.3, -0.25) is 9.36 Å². The number of hydrogen-bond acceptors (Lipinski definition) is 4. The lowest BCUT2D eigenvalue weighted by Crippen LogP contribution is -2.39. The van der Waals surface area contributed by atoms with Crippen LogP contribution < -0.4 is 21.7 Å². The lowest BCUT2D eigenvalue weighted by atomic mass is 10.00. The van der Waals surface area contributed by atoms with Gasteiger partial charge in [0.15, 0.2) is 11.6 Å². The SMILES string of the molecule is Cc1c(-c2cc(F)c3c(c2)C[C@H](CN)O3)c(=O)n(C)c(=O)n1C. The molecule has 0 saturated carbocycles. The summed E-state index contributed by atoms with van der Waals surface area (Å²) < 4.78 is 22.2. The maximum Gasteiger partial charge on any atom is 0.330 e. The summed E-state index contributed by atoms with van der Waals surface area (Å²) in [6, 6.07) is 3.01. The molecule has 0 unspecified atom stereocenters. The first-order chi connectivity index (χ1) is 10.8. The first-order valence-electron chi connectivity index (χ1n) is 7.31. The first-order valence-corrected chi connectivity index (χ1v) is 7.31. The minimum atomic E-state index is -0.524. The zero-order chi connectivity index (χ0) is 16.9. The molecule has 122 valence electrons. The Balaban J connectivity index is 2.25. The van der Waals surface area contributed by atoms with Crippen molar-refractivity contribution in [2.75, 3.05) is 6.54 Å². The molecule has 0 radical (unpaired) electrons. The number of nitrogens with zero attached hydrogens (tertiary/aromatic N) is 2. The van der Waals surface area contributed by atoms with Gasteiger partial charge in [-0.2, -0.15) is 0 Å². The minimum absolute atomic E-state index is 0.198. The Morgan fingerprint density at radius 1 is 1.30 bits per heavy atom. The van der Waals surface area contributed by atoms with Crippen molar-refractivity contribution in [3.8, 4) is 16.9 Å². The van der Waals surface area contributed by atoms with E-state index < -0.39 is 17.1 Å². The second kappa shape index (κ2) is 5.34. The quantitative estimate of drug-likeness (QED) is 0.872. The van der Waals surface area contributed by atoms with Gasteiger partial charge in [-0.25, -0.2) is 9.18 Å². The van der Waals surface area contributed by atoms with Crippen LogP contribution >= 0.6 is 0 Å². The zero-order valence-corrected chi connectivity index (χ0v) is 13.2. The van der Waals surface area contributed by atoms with Gasteiger partial charge in [0, 0.05) is 38.3 Å². The van der Waals surface area contributed by atoms with Gasteiger partial charge in [0.1, 0.15) is 6.10 Å². The van der Waals surface area contributed by atoms with Gasteiger partial charge in [0.2, 0.25) is 0 Å². The molecule has 0 aliphatic carbocycles. The van der Waals surface area contributed by atoms with E-state index in [0.717, 1.165) is 4.57 Å². The molecule has 7 heteroatoms. The largest absolute Gasteiger partial charge is 0.485 e. The van der Waals surface area contributed by atoms with E-state index in [-0.39, 0.29) is 11.9 Å². The fourth-order valence-electron chi connectivity index (χ4n) is 2.94. The number of benzene rings is 1. The highest BCUT2D eigenvalue weighted by Gasteiger charge is 2.27. The Hall–Kier alpha value is -2.41. The van der Waals surface area contributed by atoms with E-state index in [9.17, 15) is 14.0 Å². The van der Waals surface area contributed by atoms with E-state index in [1.807, 2.05) is 0 Å². The van der Waals surface area contributed by atoms with Crippen molar-refractivity contribution in [1.29, 1.82) is 0 Å². The van der Waals surface area contributed by atoms with Crippen molar-refractivity contribution in [3.05, 3.63) is 50.0 Å². The van der Waals surface area contributed by atoms with Crippen molar-refractivity contribution in [2.45, 2.75) is 19.4 Å². The van der Waals surface area contributed by atoms with E-state index in [2.05, 4.69) is 0 Å². The van der Waals surface area contributed by atoms with Gasteiger partial charge in [-0.1, -0.05) is 0 Å². The van der Waals surface area contributed by atoms with Gasteiger partial charge >= 0.3 is 5.69 Å². The normalized spacial score (nSPS) is 16.3. The second-order valence-electron chi connectivity index (χ2n) is 5.79. The molecule has 1 atom stereocenters. The first kappa shape index (κ1) is 15.5. The third-order valence-electron chi connectivity index (χ3n) is 4.36. The lowest BCUT2D eigenvalue weighted by Gasteiger charge is -2.13. The Bertz CT molecular complexity index is 914. The van der Waals surface area contributed by atoms with Crippen LogP contribution in [-0.4, -0.2) is 21.8 Å². The summed E-state index contributed by atoms with van der Waals surface area (Å²) >= 11 is 0. The number of aromatic nitrogens is 2. The molecule has 23 heavy (non-hydrogen) atoms. The number of halogens is 1. The summed E-state index contributed by atoms with van der Waals surface area (Å²) in [4.78, 5) is 24.4. The molecule has 0 fully saturated rings. The Morgan fingerprint density at radius 3 is 2.65 bits per heavy atom. The van der Waals surface area contributed by atoms with Gasteiger partial charge in [0.25, 0.3) is 5.56 Å². The van der Waals surface area contributed by atoms with Crippen molar-refractivity contribution in [1.82, 2.24) is 9.13 Å². The second-order valence-corrected chi connectivity index (χ2v) is 5.79. The van der Waals surface area contributed by atoms with Gasteiger partial charge in [-0.15, -0.1) is 0 Å². The third kappa shape index (κ3) is 2.28. The number of rotatable bonds is 2. The summed E-state index contributed by atoms with van der Waals surface area (Å²) in [5, 5.41) is 0. The Kier molecular flexibility index (Phi) is 3.60. The molecule has 0 spiro atoms. The van der Waals surface area contributed by atoms with E-state index in [4.69, 9.17) is 10.5 Å². The number of ether oxygens (including phenoxy) is 1. The molecule has 2 heterocycles. The van der Waals surface area contributed by atoms with Crippen molar-refractivity contribution in [2.24, 2.45) is 19.8 Å². The topological polar surface area (TPSA) is 79.2 Å². The monoisotopic (exact) mass is 319 g/mol. The molecule has 1 aliphatic rings. The van der Waals surface area contributed by atoms with E-state index in [1.165, 1.54) is 17.7 Å². The average Bonchev–Trinajstić information content (AvgIpc) is 2.95. The van der Waals surface area contributed by atoms with E-state index in [1.54, 1.807) is 20.0 Å². The molecule has 1 aromatic carbocycles. The minimum Gasteiger partial charge on any atom is -0.485 e. The summed E-state index contributed by atoms with van der Waals surface area (Å²) in [5.74, 6) is -0.327. The Morgan fingerprint density at radius 2 is 2.00 bits per heavy atom. The van der Waals surface area contributed by atoms with Crippen LogP contribution in [0.3, 0.4) is 0 Å². The molecule has 0 saturated heterocycles. The standard InChI is InChI=1S/C16H18FN3O3/c1-8-13(15(21)20(3)16(22)19(8)2)9-4-10-5-11(7-18)23-14(10)12(17)6-9/h4,6,11H,5,7,18H2,1-3H3/t11-/m1/s1. The highest BCUT2D eigenvalue weighted by Crippen LogP contribution is 2.35. The summed E-state index contributed by atoms with van der Waals surface area (Å²) in [6.07, 6.45) is 0.251. The molecule has 6 nitrogen and oxygen atoms in total. The third-order valence-corrected chi connectivity index (χ3v) is 4.36. The molecule has 0 bridgehead atoms. The predicted molar refractivity (Wildman–Crippen MR) is 84.2 cm³/mol. The molecule has 1 aromatic heterocycles. The average molecular weight is 319 g/mol. The highest BCUT2D eigenvalue weighted by atomic mass is 19.1. The van der Waals surface area contributed by atoms with E-state index >= 15 is 0 Å². The molecule has 3 rings (SSSR count). The fraction of sp³-hybridized carbons (Fsp3) is 0.375. The predicted octanol–water partition coefficient (Wildman–Crippen LogP) is 0.461. The summed E-state index contributed by atoms with van der Waals surface area (Å²) in [5.41, 5.74) is 6.65. The molecule has 1 aliphatic heterocycles. The van der Waals surface area contributed by atoms with Crippen LogP contribution in [0.2, 0.25) is 0 Å². The van der Waals surface area contributed by atoms with Crippen LogP contribution in [-0.2, 0) is 20.5 Å².